The molecule has 0 radical (unpaired) electrons. The lowest BCUT2D eigenvalue weighted by molar-refractivity contribution is -0.171. The second-order valence-electron chi connectivity index (χ2n) is 6.49. The summed E-state index contributed by atoms with van der Waals surface area (Å²) in [5, 5.41) is 18.8. The lowest BCUT2D eigenvalue weighted by atomic mass is 9.96. The van der Waals surface area contributed by atoms with Gasteiger partial charge in [-0.2, -0.15) is 0 Å². The van der Waals surface area contributed by atoms with Crippen molar-refractivity contribution in [3.05, 3.63) is 59.1 Å². The van der Waals surface area contributed by atoms with Gasteiger partial charge in [0.25, 0.3) is 0 Å². The summed E-state index contributed by atoms with van der Waals surface area (Å²) in [7, 11) is -4.08. The number of carboxylic acids is 1. The molecule has 2 N–H and O–H groups in total. The van der Waals surface area contributed by atoms with Crippen LogP contribution in [0.2, 0.25) is 5.02 Å². The molecule has 0 aromatic heterocycles. The van der Waals surface area contributed by atoms with Crippen molar-refractivity contribution in [2.75, 3.05) is 13.2 Å². The van der Waals surface area contributed by atoms with Crippen molar-refractivity contribution in [2.24, 2.45) is 0 Å². The van der Waals surface area contributed by atoms with Crippen LogP contribution < -0.4 is 4.74 Å². The first-order valence-corrected chi connectivity index (χ1v) is 10.4. The third kappa shape index (κ3) is 4.15. The Morgan fingerprint density at radius 1 is 1.18 bits per heavy atom. The highest BCUT2D eigenvalue weighted by atomic mass is 35.5. The van der Waals surface area contributed by atoms with E-state index in [-0.39, 0.29) is 24.5 Å². The Labute approximate surface area is 167 Å². The topological polar surface area (TPSA) is 110 Å². The molecule has 28 heavy (non-hydrogen) atoms. The number of hydrogen-bond donors (Lipinski definition) is 2. The molecule has 150 valence electrons. The average molecular weight is 427 g/mol. The van der Waals surface area contributed by atoms with E-state index in [1.54, 1.807) is 12.1 Å². The SMILES string of the molecule is O=C(O)C1(O)COCCC1S(=O)(=O)c1ccc(OCc2ccc(Cl)cc2)cc1. The molecule has 1 heterocycles. The van der Waals surface area contributed by atoms with Gasteiger partial charge in [0, 0.05) is 11.6 Å². The minimum atomic E-state index is -4.08. The molecular formula is C19H19ClO7S. The van der Waals surface area contributed by atoms with Gasteiger partial charge in [-0.3, -0.25) is 0 Å². The van der Waals surface area contributed by atoms with Crippen molar-refractivity contribution in [2.45, 2.75) is 28.8 Å². The molecule has 1 fully saturated rings. The van der Waals surface area contributed by atoms with Crippen LogP contribution in [0, 0.1) is 0 Å². The quantitative estimate of drug-likeness (QED) is 0.729. The summed E-state index contributed by atoms with van der Waals surface area (Å²) >= 11 is 5.83. The van der Waals surface area contributed by atoms with E-state index in [9.17, 15) is 23.4 Å². The van der Waals surface area contributed by atoms with Crippen LogP contribution in [-0.4, -0.2) is 48.7 Å². The molecule has 2 unspecified atom stereocenters. The van der Waals surface area contributed by atoms with Crippen molar-refractivity contribution >= 4 is 27.4 Å². The van der Waals surface area contributed by atoms with Gasteiger partial charge in [-0.25, -0.2) is 13.2 Å². The first kappa shape index (κ1) is 20.6. The van der Waals surface area contributed by atoms with E-state index in [1.807, 2.05) is 12.1 Å². The van der Waals surface area contributed by atoms with E-state index in [2.05, 4.69) is 0 Å². The minimum absolute atomic E-state index is 0.0573. The second kappa shape index (κ2) is 8.08. The molecule has 0 spiro atoms. The molecule has 9 heteroatoms. The highest BCUT2D eigenvalue weighted by Gasteiger charge is 2.53. The molecule has 3 rings (SSSR count). The summed E-state index contributed by atoms with van der Waals surface area (Å²) in [6.07, 6.45) is -0.111. The zero-order chi connectivity index (χ0) is 20.4. The van der Waals surface area contributed by atoms with Crippen LogP contribution in [0.15, 0.2) is 53.4 Å². The summed E-state index contributed by atoms with van der Waals surface area (Å²) in [5.41, 5.74) is -1.59. The van der Waals surface area contributed by atoms with Crippen LogP contribution in [0.25, 0.3) is 0 Å². The second-order valence-corrected chi connectivity index (χ2v) is 9.06. The molecule has 2 aromatic carbocycles. The Kier molecular flexibility index (Phi) is 5.95. The zero-order valence-electron chi connectivity index (χ0n) is 14.7. The summed E-state index contributed by atoms with van der Waals surface area (Å²) in [6, 6.07) is 12.8. The molecule has 0 aliphatic carbocycles. The van der Waals surface area contributed by atoms with E-state index in [1.165, 1.54) is 24.3 Å². The average Bonchev–Trinajstić information content (AvgIpc) is 2.68. The normalized spacial score (nSPS) is 22.6. The maximum atomic E-state index is 12.9. The molecule has 1 aliphatic rings. The van der Waals surface area contributed by atoms with Gasteiger partial charge < -0.3 is 19.7 Å². The van der Waals surface area contributed by atoms with Crippen LogP contribution in [0.5, 0.6) is 5.75 Å². The van der Waals surface area contributed by atoms with Crippen LogP contribution in [0.1, 0.15) is 12.0 Å². The number of ether oxygens (including phenoxy) is 2. The van der Waals surface area contributed by atoms with Crippen LogP contribution in [0.4, 0.5) is 0 Å². The van der Waals surface area contributed by atoms with Gasteiger partial charge in [0.2, 0.25) is 5.60 Å². The Bertz CT molecular complexity index is 941. The monoisotopic (exact) mass is 426 g/mol. The molecular weight excluding hydrogens is 408 g/mol. The van der Waals surface area contributed by atoms with E-state index in [4.69, 9.17) is 21.1 Å². The van der Waals surface area contributed by atoms with Crippen LogP contribution in [0.3, 0.4) is 0 Å². The number of aliphatic hydroxyl groups is 1. The summed E-state index contributed by atoms with van der Waals surface area (Å²) in [6.45, 7) is -0.238. The molecule has 7 nitrogen and oxygen atoms in total. The molecule has 0 saturated carbocycles. The fourth-order valence-corrected chi connectivity index (χ4v) is 5.06. The highest BCUT2D eigenvalue weighted by molar-refractivity contribution is 7.92. The number of halogens is 1. The van der Waals surface area contributed by atoms with Gasteiger partial charge in [0.05, 0.1) is 11.5 Å². The third-order valence-corrected chi connectivity index (χ3v) is 7.15. The number of carbonyl (C=O) groups is 1. The first-order chi connectivity index (χ1) is 13.2. The Morgan fingerprint density at radius 3 is 2.43 bits per heavy atom. The van der Waals surface area contributed by atoms with Crippen LogP contribution in [-0.2, 0) is 26.0 Å². The molecule has 2 atom stereocenters. The molecule has 0 bridgehead atoms. The molecule has 1 saturated heterocycles. The number of benzene rings is 2. The third-order valence-electron chi connectivity index (χ3n) is 4.60. The minimum Gasteiger partial charge on any atom is -0.489 e. The van der Waals surface area contributed by atoms with E-state index >= 15 is 0 Å². The van der Waals surface area contributed by atoms with Gasteiger partial charge in [0.1, 0.15) is 17.6 Å². The lowest BCUT2D eigenvalue weighted by Gasteiger charge is -2.35. The fraction of sp³-hybridized carbons (Fsp3) is 0.316. The molecule has 1 aliphatic heterocycles. The van der Waals surface area contributed by atoms with Crippen molar-refractivity contribution in [3.8, 4) is 5.75 Å². The summed E-state index contributed by atoms with van der Waals surface area (Å²) < 4.78 is 36.4. The zero-order valence-corrected chi connectivity index (χ0v) is 16.3. The van der Waals surface area contributed by atoms with Gasteiger partial charge in [-0.1, -0.05) is 23.7 Å². The smallest absolute Gasteiger partial charge is 0.339 e. The maximum Gasteiger partial charge on any atom is 0.339 e. The van der Waals surface area contributed by atoms with Gasteiger partial charge in [-0.15, -0.1) is 0 Å². The number of aliphatic carboxylic acids is 1. The van der Waals surface area contributed by atoms with Gasteiger partial charge in [-0.05, 0) is 48.4 Å². The van der Waals surface area contributed by atoms with E-state index in [0.29, 0.717) is 10.8 Å². The van der Waals surface area contributed by atoms with Crippen molar-refractivity contribution in [1.82, 2.24) is 0 Å². The Balaban J connectivity index is 1.76. The van der Waals surface area contributed by atoms with Gasteiger partial charge in [0.15, 0.2) is 9.84 Å². The first-order valence-electron chi connectivity index (χ1n) is 8.48. The summed E-state index contributed by atoms with van der Waals surface area (Å²) in [4.78, 5) is 11.4. The molecule has 0 amide bonds. The number of carboxylic acid groups (broad SMARTS) is 1. The number of rotatable bonds is 6. The standard InChI is InChI=1S/C19H19ClO7S/c20-14-3-1-13(2-4-14)11-27-15-5-7-16(8-6-15)28(24,25)17-9-10-26-12-19(17,23)18(21)22/h1-8,17,23H,9-12H2,(H,21,22). The lowest BCUT2D eigenvalue weighted by Crippen LogP contribution is -2.59. The predicted octanol–water partition coefficient (Wildman–Crippen LogP) is 2.30. The number of hydrogen-bond acceptors (Lipinski definition) is 6. The van der Waals surface area contributed by atoms with Crippen LogP contribution >= 0.6 is 11.6 Å². The molecule has 2 aromatic rings. The Hall–Kier alpha value is -2.13. The predicted molar refractivity (Wildman–Crippen MR) is 101 cm³/mol. The number of sulfone groups is 1. The van der Waals surface area contributed by atoms with Crippen molar-refractivity contribution in [3.63, 3.8) is 0 Å². The Morgan fingerprint density at radius 2 is 1.82 bits per heavy atom. The van der Waals surface area contributed by atoms with Crippen molar-refractivity contribution < 1.29 is 32.9 Å². The highest BCUT2D eigenvalue weighted by Crippen LogP contribution is 2.32. The van der Waals surface area contributed by atoms with E-state index in [0.717, 1.165) is 5.56 Å². The van der Waals surface area contributed by atoms with Gasteiger partial charge >= 0.3 is 5.97 Å². The maximum absolute atomic E-state index is 12.9. The van der Waals surface area contributed by atoms with E-state index < -0.39 is 33.3 Å². The largest absolute Gasteiger partial charge is 0.489 e. The van der Waals surface area contributed by atoms with Crippen molar-refractivity contribution in [1.29, 1.82) is 0 Å². The summed E-state index contributed by atoms with van der Waals surface area (Å²) in [5.74, 6) is -1.17. The fourth-order valence-electron chi connectivity index (χ4n) is 3.00.